The van der Waals surface area contributed by atoms with Crippen LogP contribution in [-0.2, 0) is 0 Å². The molecule has 2 fully saturated rings. The van der Waals surface area contributed by atoms with E-state index < -0.39 is 0 Å². The highest BCUT2D eigenvalue weighted by atomic mass is 14.6. The number of hydrogen-bond donors (Lipinski definition) is 1. The molecule has 0 aromatic carbocycles. The van der Waals surface area contributed by atoms with Gasteiger partial charge in [0.1, 0.15) is 0 Å². The molecule has 0 atom stereocenters. The van der Waals surface area contributed by atoms with Crippen molar-refractivity contribution in [1.29, 1.82) is 0 Å². The van der Waals surface area contributed by atoms with Crippen LogP contribution in [0.25, 0.3) is 0 Å². The Bertz CT molecular complexity index is 164. The maximum Gasteiger partial charge on any atom is -0.00719 e. The zero-order valence-corrected chi connectivity index (χ0v) is 9.43. The molecule has 14 heavy (non-hydrogen) atoms. The van der Waals surface area contributed by atoms with Crippen molar-refractivity contribution < 1.29 is 0 Å². The monoisotopic (exact) mass is 195 g/mol. The fourth-order valence-corrected chi connectivity index (χ4v) is 3.94. The van der Waals surface area contributed by atoms with Gasteiger partial charge in [-0.2, -0.15) is 0 Å². The molecule has 1 heteroatoms. The summed E-state index contributed by atoms with van der Waals surface area (Å²) >= 11 is 0. The van der Waals surface area contributed by atoms with E-state index >= 15 is 0 Å². The molecule has 0 radical (unpaired) electrons. The molecule has 2 aliphatic rings. The van der Waals surface area contributed by atoms with E-state index in [1.54, 1.807) is 0 Å². The van der Waals surface area contributed by atoms with Crippen LogP contribution < -0.4 is 5.73 Å². The summed E-state index contributed by atoms with van der Waals surface area (Å²) in [6, 6.07) is 0. The highest BCUT2D eigenvalue weighted by Crippen LogP contribution is 2.51. The van der Waals surface area contributed by atoms with Crippen molar-refractivity contribution in [2.24, 2.45) is 17.1 Å². The van der Waals surface area contributed by atoms with Crippen molar-refractivity contribution in [3.63, 3.8) is 0 Å². The van der Waals surface area contributed by atoms with Crippen molar-refractivity contribution in [1.82, 2.24) is 0 Å². The van der Waals surface area contributed by atoms with Crippen LogP contribution in [0.4, 0.5) is 0 Å². The average Bonchev–Trinajstić information content (AvgIpc) is 2.70. The molecule has 0 spiro atoms. The first kappa shape index (κ1) is 10.5. The Balaban J connectivity index is 2.00. The molecule has 1 nitrogen and oxygen atoms in total. The van der Waals surface area contributed by atoms with Crippen LogP contribution in [-0.4, -0.2) is 6.54 Å². The van der Waals surface area contributed by atoms with Gasteiger partial charge in [-0.25, -0.2) is 0 Å². The van der Waals surface area contributed by atoms with E-state index in [4.69, 9.17) is 5.73 Å². The van der Waals surface area contributed by atoms with Gasteiger partial charge in [0.05, 0.1) is 0 Å². The number of rotatable bonds is 3. The first-order chi connectivity index (χ1) is 6.87. The average molecular weight is 195 g/mol. The molecule has 0 aliphatic heterocycles. The molecule has 0 saturated heterocycles. The van der Waals surface area contributed by atoms with Crippen LogP contribution >= 0.6 is 0 Å². The topological polar surface area (TPSA) is 26.0 Å². The highest BCUT2D eigenvalue weighted by molar-refractivity contribution is 4.91. The molecular formula is C13H25N. The Kier molecular flexibility index (Phi) is 3.48. The van der Waals surface area contributed by atoms with Gasteiger partial charge in [0.25, 0.3) is 0 Å². The third-order valence-corrected chi connectivity index (χ3v) is 4.71. The Morgan fingerprint density at radius 2 is 1.57 bits per heavy atom. The van der Waals surface area contributed by atoms with E-state index in [0.717, 1.165) is 12.5 Å². The Labute approximate surface area is 88.4 Å². The molecule has 2 rings (SSSR count). The van der Waals surface area contributed by atoms with E-state index in [-0.39, 0.29) is 0 Å². The van der Waals surface area contributed by atoms with Crippen molar-refractivity contribution in [2.75, 3.05) is 6.54 Å². The normalized spacial score (nSPS) is 28.1. The van der Waals surface area contributed by atoms with E-state index in [1.807, 2.05) is 0 Å². The van der Waals surface area contributed by atoms with Gasteiger partial charge in [-0.1, -0.05) is 32.1 Å². The summed E-state index contributed by atoms with van der Waals surface area (Å²) in [5, 5.41) is 0. The molecular weight excluding hydrogens is 170 g/mol. The number of hydrogen-bond acceptors (Lipinski definition) is 1. The predicted molar refractivity (Wildman–Crippen MR) is 61.1 cm³/mol. The second kappa shape index (κ2) is 4.65. The Morgan fingerprint density at radius 1 is 0.929 bits per heavy atom. The fourth-order valence-electron chi connectivity index (χ4n) is 3.94. The molecule has 2 saturated carbocycles. The largest absolute Gasteiger partial charge is 0.330 e. The van der Waals surface area contributed by atoms with Crippen LogP contribution in [0.1, 0.15) is 64.2 Å². The molecule has 82 valence electrons. The minimum Gasteiger partial charge on any atom is -0.330 e. The Hall–Kier alpha value is -0.0400. The second-order valence-corrected chi connectivity index (χ2v) is 5.44. The van der Waals surface area contributed by atoms with Gasteiger partial charge in [0.15, 0.2) is 0 Å². The van der Waals surface area contributed by atoms with Gasteiger partial charge in [-0.15, -0.1) is 0 Å². The first-order valence-electron chi connectivity index (χ1n) is 6.57. The van der Waals surface area contributed by atoms with Crippen molar-refractivity contribution in [2.45, 2.75) is 64.2 Å². The molecule has 0 aromatic heterocycles. The van der Waals surface area contributed by atoms with Crippen LogP contribution in [0.3, 0.4) is 0 Å². The molecule has 0 heterocycles. The second-order valence-electron chi connectivity index (χ2n) is 5.44. The zero-order valence-electron chi connectivity index (χ0n) is 9.43. The quantitative estimate of drug-likeness (QED) is 0.733. The molecule has 0 unspecified atom stereocenters. The first-order valence-corrected chi connectivity index (χ1v) is 6.57. The lowest BCUT2D eigenvalue weighted by atomic mass is 9.66. The third-order valence-electron chi connectivity index (χ3n) is 4.71. The van der Waals surface area contributed by atoms with Gasteiger partial charge >= 0.3 is 0 Å². The molecule has 0 bridgehead atoms. The maximum absolute atomic E-state index is 5.80. The van der Waals surface area contributed by atoms with Gasteiger partial charge < -0.3 is 5.73 Å². The summed E-state index contributed by atoms with van der Waals surface area (Å²) in [6.07, 6.45) is 14.7. The van der Waals surface area contributed by atoms with Gasteiger partial charge in [0.2, 0.25) is 0 Å². The number of nitrogens with two attached hydrogens (primary N) is 1. The van der Waals surface area contributed by atoms with Gasteiger partial charge in [-0.05, 0) is 50.0 Å². The highest BCUT2D eigenvalue weighted by Gasteiger charge is 2.40. The van der Waals surface area contributed by atoms with E-state index in [0.29, 0.717) is 5.41 Å². The lowest BCUT2D eigenvalue weighted by Crippen LogP contribution is -2.31. The van der Waals surface area contributed by atoms with Gasteiger partial charge in [0, 0.05) is 0 Å². The van der Waals surface area contributed by atoms with Crippen molar-refractivity contribution in [3.05, 3.63) is 0 Å². The lowest BCUT2D eigenvalue weighted by molar-refractivity contribution is 0.113. The van der Waals surface area contributed by atoms with Crippen molar-refractivity contribution in [3.8, 4) is 0 Å². The van der Waals surface area contributed by atoms with E-state index in [2.05, 4.69) is 0 Å². The van der Waals surface area contributed by atoms with Crippen LogP contribution in [0.15, 0.2) is 0 Å². The zero-order chi connectivity index (χ0) is 9.86. The summed E-state index contributed by atoms with van der Waals surface area (Å²) in [5.74, 6) is 1.03. The molecule has 2 aliphatic carbocycles. The van der Waals surface area contributed by atoms with Crippen molar-refractivity contribution >= 4 is 0 Å². The third kappa shape index (κ3) is 1.98. The fraction of sp³-hybridized carbons (Fsp3) is 1.00. The Morgan fingerprint density at radius 3 is 2.14 bits per heavy atom. The van der Waals surface area contributed by atoms with Crippen LogP contribution in [0.2, 0.25) is 0 Å². The van der Waals surface area contributed by atoms with Crippen LogP contribution in [0, 0.1) is 11.3 Å². The summed E-state index contributed by atoms with van der Waals surface area (Å²) in [7, 11) is 0. The molecule has 0 amide bonds. The lowest BCUT2D eigenvalue weighted by Gasteiger charge is -2.40. The SMILES string of the molecule is NCCC1(C2CCCCC2)CCCC1. The minimum atomic E-state index is 0.690. The summed E-state index contributed by atoms with van der Waals surface area (Å²) in [4.78, 5) is 0. The summed E-state index contributed by atoms with van der Waals surface area (Å²) < 4.78 is 0. The summed E-state index contributed by atoms with van der Waals surface area (Å²) in [6.45, 7) is 0.913. The summed E-state index contributed by atoms with van der Waals surface area (Å²) in [5.41, 5.74) is 6.49. The van der Waals surface area contributed by atoms with E-state index in [9.17, 15) is 0 Å². The molecule has 2 N–H and O–H groups in total. The smallest absolute Gasteiger partial charge is 0.00719 e. The minimum absolute atomic E-state index is 0.690. The molecule has 0 aromatic rings. The standard InChI is InChI=1S/C13H25N/c14-11-10-13(8-4-5-9-13)12-6-2-1-3-7-12/h12H,1-11,14H2. The maximum atomic E-state index is 5.80. The van der Waals surface area contributed by atoms with Gasteiger partial charge in [-0.3, -0.25) is 0 Å². The van der Waals surface area contributed by atoms with E-state index in [1.165, 1.54) is 64.2 Å². The predicted octanol–water partition coefficient (Wildman–Crippen LogP) is 3.48. The van der Waals surface area contributed by atoms with Crippen LogP contribution in [0.5, 0.6) is 0 Å².